The fraction of sp³-hybridized carbons (Fsp3) is 0.733. The minimum Gasteiger partial charge on any atom is -0.378 e. The van der Waals surface area contributed by atoms with E-state index < -0.39 is 0 Å². The normalized spacial score (nSPS) is 27.5. The molecule has 16 heavy (non-hydrogen) atoms. The molecule has 1 nitrogen and oxygen atoms in total. The Kier molecular flexibility index (Phi) is 4.65. The van der Waals surface area contributed by atoms with Gasteiger partial charge < -0.3 is 4.74 Å². The average molecular weight is 220 g/mol. The monoisotopic (exact) mass is 220 g/mol. The minimum atomic E-state index is 0.458. The molecule has 0 bridgehead atoms. The van der Waals surface area contributed by atoms with E-state index >= 15 is 0 Å². The van der Waals surface area contributed by atoms with Gasteiger partial charge in [-0.3, -0.25) is 0 Å². The topological polar surface area (TPSA) is 9.23 Å². The third-order valence-corrected chi connectivity index (χ3v) is 3.91. The molecule has 2 aliphatic rings. The van der Waals surface area contributed by atoms with Crippen molar-refractivity contribution >= 4 is 0 Å². The van der Waals surface area contributed by atoms with Crippen LogP contribution in [0.15, 0.2) is 24.3 Å². The summed E-state index contributed by atoms with van der Waals surface area (Å²) in [5.41, 5.74) is 1.37. The summed E-state index contributed by atoms with van der Waals surface area (Å²) in [6.07, 6.45) is 15.2. The molecular weight excluding hydrogens is 196 g/mol. The van der Waals surface area contributed by atoms with Crippen LogP contribution in [-0.2, 0) is 4.74 Å². The molecule has 1 unspecified atom stereocenters. The quantitative estimate of drug-likeness (QED) is 0.688. The maximum atomic E-state index is 6.07. The molecule has 0 saturated heterocycles. The van der Waals surface area contributed by atoms with Crippen molar-refractivity contribution in [2.75, 3.05) is 6.61 Å². The lowest BCUT2D eigenvalue weighted by Crippen LogP contribution is -2.22. The zero-order valence-corrected chi connectivity index (χ0v) is 10.3. The third-order valence-electron chi connectivity index (χ3n) is 3.91. The summed E-state index contributed by atoms with van der Waals surface area (Å²) < 4.78 is 6.07. The molecule has 0 aromatic heterocycles. The van der Waals surface area contributed by atoms with Crippen LogP contribution in [0, 0.1) is 5.92 Å². The van der Waals surface area contributed by atoms with Crippen LogP contribution in [0.4, 0.5) is 0 Å². The van der Waals surface area contributed by atoms with E-state index in [1.165, 1.54) is 44.1 Å². The maximum absolute atomic E-state index is 6.07. The van der Waals surface area contributed by atoms with Crippen LogP contribution >= 0.6 is 0 Å². The van der Waals surface area contributed by atoms with Crippen molar-refractivity contribution in [1.82, 2.24) is 0 Å². The van der Waals surface area contributed by atoms with Crippen LogP contribution in [0.1, 0.15) is 51.4 Å². The molecule has 2 rings (SSSR count). The molecule has 90 valence electrons. The molecule has 0 aromatic carbocycles. The highest BCUT2D eigenvalue weighted by molar-refractivity contribution is 5.19. The zero-order chi connectivity index (χ0) is 11.2. The van der Waals surface area contributed by atoms with Crippen LogP contribution in [0.2, 0.25) is 0 Å². The molecule has 0 N–H and O–H groups in total. The Morgan fingerprint density at radius 3 is 2.81 bits per heavy atom. The van der Waals surface area contributed by atoms with Crippen LogP contribution in [0.3, 0.4) is 0 Å². The van der Waals surface area contributed by atoms with E-state index in [4.69, 9.17) is 4.74 Å². The molecule has 1 atom stereocenters. The molecule has 0 amide bonds. The summed E-state index contributed by atoms with van der Waals surface area (Å²) in [5.74, 6) is 0.840. The van der Waals surface area contributed by atoms with E-state index in [1.807, 2.05) is 6.08 Å². The summed E-state index contributed by atoms with van der Waals surface area (Å²) in [4.78, 5) is 0. The SMILES string of the molecule is C=CC1=CCCC(OCC2CCCCC2)C1. The van der Waals surface area contributed by atoms with Crippen LogP contribution < -0.4 is 0 Å². The van der Waals surface area contributed by atoms with Crippen molar-refractivity contribution in [1.29, 1.82) is 0 Å². The largest absolute Gasteiger partial charge is 0.378 e. The molecule has 0 heterocycles. The van der Waals surface area contributed by atoms with Gasteiger partial charge in [0.15, 0.2) is 0 Å². The molecule has 1 heteroatoms. The second kappa shape index (κ2) is 6.24. The predicted octanol–water partition coefficient (Wildman–Crippen LogP) is 4.25. The highest BCUT2D eigenvalue weighted by Crippen LogP contribution is 2.26. The number of hydrogen-bond acceptors (Lipinski definition) is 1. The van der Waals surface area contributed by atoms with Gasteiger partial charge in [-0.05, 0) is 38.0 Å². The van der Waals surface area contributed by atoms with Crippen molar-refractivity contribution in [2.24, 2.45) is 5.92 Å². The van der Waals surface area contributed by atoms with Crippen LogP contribution in [0.25, 0.3) is 0 Å². The lowest BCUT2D eigenvalue weighted by Gasteiger charge is -2.26. The van der Waals surface area contributed by atoms with Crippen molar-refractivity contribution in [3.05, 3.63) is 24.3 Å². The maximum Gasteiger partial charge on any atom is 0.0618 e. The highest BCUT2D eigenvalue weighted by atomic mass is 16.5. The lowest BCUT2D eigenvalue weighted by molar-refractivity contribution is 0.0151. The van der Waals surface area contributed by atoms with E-state index in [2.05, 4.69) is 12.7 Å². The summed E-state index contributed by atoms with van der Waals surface area (Å²) in [7, 11) is 0. The van der Waals surface area contributed by atoms with E-state index in [9.17, 15) is 0 Å². The van der Waals surface area contributed by atoms with Gasteiger partial charge in [-0.2, -0.15) is 0 Å². The van der Waals surface area contributed by atoms with E-state index in [0.29, 0.717) is 6.10 Å². The van der Waals surface area contributed by atoms with Gasteiger partial charge in [0.2, 0.25) is 0 Å². The average Bonchev–Trinajstić information content (AvgIpc) is 2.38. The third kappa shape index (κ3) is 3.48. The first-order chi connectivity index (χ1) is 7.88. The Hall–Kier alpha value is -0.560. The van der Waals surface area contributed by atoms with E-state index in [0.717, 1.165) is 25.4 Å². The standard InChI is InChI=1S/C15H24O/c1-2-13-9-6-10-15(11-13)16-12-14-7-4-3-5-8-14/h2,9,14-15H,1,3-8,10-12H2. The highest BCUT2D eigenvalue weighted by Gasteiger charge is 2.18. The van der Waals surface area contributed by atoms with Gasteiger partial charge in [0.25, 0.3) is 0 Å². The summed E-state index contributed by atoms with van der Waals surface area (Å²) in [5, 5.41) is 0. The lowest BCUT2D eigenvalue weighted by atomic mass is 9.90. The Morgan fingerprint density at radius 1 is 1.25 bits per heavy atom. The number of hydrogen-bond donors (Lipinski definition) is 0. The van der Waals surface area contributed by atoms with Gasteiger partial charge in [0.05, 0.1) is 6.10 Å². The van der Waals surface area contributed by atoms with Crippen molar-refractivity contribution in [3.63, 3.8) is 0 Å². The van der Waals surface area contributed by atoms with Gasteiger partial charge in [0.1, 0.15) is 0 Å². The fourth-order valence-electron chi connectivity index (χ4n) is 2.84. The van der Waals surface area contributed by atoms with Gasteiger partial charge >= 0.3 is 0 Å². The Labute approximate surface area is 99.6 Å². The predicted molar refractivity (Wildman–Crippen MR) is 68.4 cm³/mol. The van der Waals surface area contributed by atoms with Crippen molar-refractivity contribution in [3.8, 4) is 0 Å². The molecule has 0 aromatic rings. The van der Waals surface area contributed by atoms with Crippen LogP contribution in [-0.4, -0.2) is 12.7 Å². The number of allylic oxidation sites excluding steroid dienone is 2. The fourth-order valence-corrected chi connectivity index (χ4v) is 2.84. The number of ether oxygens (including phenoxy) is 1. The second-order valence-electron chi connectivity index (χ2n) is 5.22. The molecule has 0 radical (unpaired) electrons. The summed E-state index contributed by atoms with van der Waals surface area (Å²) >= 11 is 0. The minimum absolute atomic E-state index is 0.458. The van der Waals surface area contributed by atoms with Gasteiger partial charge in [0, 0.05) is 6.61 Å². The summed E-state index contributed by atoms with van der Waals surface area (Å²) in [6, 6.07) is 0. The van der Waals surface area contributed by atoms with E-state index in [1.54, 1.807) is 0 Å². The second-order valence-corrected chi connectivity index (χ2v) is 5.22. The van der Waals surface area contributed by atoms with E-state index in [-0.39, 0.29) is 0 Å². The van der Waals surface area contributed by atoms with Crippen molar-refractivity contribution in [2.45, 2.75) is 57.5 Å². The zero-order valence-electron chi connectivity index (χ0n) is 10.3. The molecule has 2 aliphatic carbocycles. The first-order valence-electron chi connectivity index (χ1n) is 6.81. The first kappa shape index (κ1) is 11.9. The first-order valence-corrected chi connectivity index (χ1v) is 6.81. The molecular formula is C15H24O. The summed E-state index contributed by atoms with van der Waals surface area (Å²) in [6.45, 7) is 4.84. The smallest absolute Gasteiger partial charge is 0.0618 e. The molecule has 0 spiro atoms. The molecule has 0 aliphatic heterocycles. The molecule has 1 fully saturated rings. The Balaban J connectivity index is 1.69. The van der Waals surface area contributed by atoms with Crippen molar-refractivity contribution < 1.29 is 4.74 Å². The Bertz CT molecular complexity index is 248. The van der Waals surface area contributed by atoms with Gasteiger partial charge in [-0.1, -0.05) is 43.6 Å². The number of rotatable bonds is 4. The van der Waals surface area contributed by atoms with Crippen LogP contribution in [0.5, 0.6) is 0 Å². The Morgan fingerprint density at radius 2 is 2.06 bits per heavy atom. The molecule has 1 saturated carbocycles. The van der Waals surface area contributed by atoms with Gasteiger partial charge in [-0.25, -0.2) is 0 Å². The van der Waals surface area contributed by atoms with Gasteiger partial charge in [-0.15, -0.1) is 0 Å².